The van der Waals surface area contributed by atoms with Gasteiger partial charge in [-0.15, -0.1) is 0 Å². The average Bonchev–Trinajstić information content (AvgIpc) is 2.73. The quantitative estimate of drug-likeness (QED) is 0.825. The van der Waals surface area contributed by atoms with Gasteiger partial charge in [-0.3, -0.25) is 10.1 Å². The number of carbonyl (C=O) groups excluding carboxylic acids is 1. The van der Waals surface area contributed by atoms with E-state index in [0.29, 0.717) is 12.4 Å². The Labute approximate surface area is 113 Å². The Bertz CT molecular complexity index is 574. The van der Waals surface area contributed by atoms with Crippen LogP contribution in [0.3, 0.4) is 0 Å². The monoisotopic (exact) mass is 261 g/mol. The van der Waals surface area contributed by atoms with Gasteiger partial charge in [-0.25, -0.2) is 4.98 Å². The molecule has 1 amide bonds. The second kappa shape index (κ2) is 5.84. The van der Waals surface area contributed by atoms with Crippen LogP contribution in [0.5, 0.6) is 0 Å². The number of nitrogens with one attached hydrogen (secondary N) is 2. The van der Waals surface area contributed by atoms with Gasteiger partial charge in [0.15, 0.2) is 0 Å². The topological polar surface area (TPSA) is 51.4 Å². The number of rotatable bonds is 5. The first-order chi connectivity index (χ1) is 9.11. The van der Waals surface area contributed by atoms with E-state index in [1.165, 1.54) is 4.90 Å². The predicted molar refractivity (Wildman–Crippen MR) is 76.3 cm³/mol. The molecular formula is C14H21N4O+. The van der Waals surface area contributed by atoms with Crippen LogP contribution in [0.25, 0.3) is 11.0 Å². The van der Waals surface area contributed by atoms with Crippen LogP contribution in [0.4, 0.5) is 5.95 Å². The summed E-state index contributed by atoms with van der Waals surface area (Å²) in [6.07, 6.45) is 0.460. The lowest BCUT2D eigenvalue weighted by Gasteiger charge is -2.11. The van der Waals surface area contributed by atoms with E-state index in [1.54, 1.807) is 0 Å². The van der Waals surface area contributed by atoms with Gasteiger partial charge in [0.05, 0.1) is 38.2 Å². The predicted octanol–water partition coefficient (Wildman–Crippen LogP) is 0.529. The van der Waals surface area contributed by atoms with Crippen molar-refractivity contribution in [3.8, 4) is 0 Å². The van der Waals surface area contributed by atoms with Gasteiger partial charge in [-0.1, -0.05) is 19.1 Å². The summed E-state index contributed by atoms with van der Waals surface area (Å²) < 4.78 is 2.08. The summed E-state index contributed by atoms with van der Waals surface area (Å²) in [4.78, 5) is 17.4. The number of aromatic nitrogens is 2. The lowest BCUT2D eigenvalue weighted by molar-refractivity contribution is -0.858. The molecule has 19 heavy (non-hydrogen) atoms. The van der Waals surface area contributed by atoms with Crippen LogP contribution in [0.1, 0.15) is 13.3 Å². The zero-order valence-electron chi connectivity index (χ0n) is 11.7. The van der Waals surface area contributed by atoms with Crippen molar-refractivity contribution in [1.82, 2.24) is 9.55 Å². The fourth-order valence-electron chi connectivity index (χ4n) is 1.95. The SMILES string of the molecule is CCC(=O)Nc1nc2ccccc2n1CC[NH+](C)C. The number of hydrogen-bond acceptors (Lipinski definition) is 2. The normalized spacial score (nSPS) is 11.2. The van der Waals surface area contributed by atoms with Crippen LogP contribution in [0, 0.1) is 0 Å². The Kier molecular flexibility index (Phi) is 4.16. The van der Waals surface area contributed by atoms with Crippen molar-refractivity contribution in [3.63, 3.8) is 0 Å². The van der Waals surface area contributed by atoms with Crippen molar-refractivity contribution in [2.24, 2.45) is 0 Å². The first-order valence-corrected chi connectivity index (χ1v) is 6.66. The van der Waals surface area contributed by atoms with Crippen LogP contribution >= 0.6 is 0 Å². The summed E-state index contributed by atoms with van der Waals surface area (Å²) in [7, 11) is 4.23. The van der Waals surface area contributed by atoms with E-state index in [2.05, 4.69) is 29.0 Å². The molecule has 0 radical (unpaired) electrons. The molecule has 0 aliphatic heterocycles. The summed E-state index contributed by atoms with van der Waals surface area (Å²) in [5.74, 6) is 0.642. The molecule has 0 spiro atoms. The Morgan fingerprint density at radius 3 is 2.79 bits per heavy atom. The molecule has 0 unspecified atom stereocenters. The maximum Gasteiger partial charge on any atom is 0.226 e. The minimum Gasteiger partial charge on any atom is -0.338 e. The van der Waals surface area contributed by atoms with Gasteiger partial charge in [0.1, 0.15) is 0 Å². The first-order valence-electron chi connectivity index (χ1n) is 6.66. The molecule has 5 heteroatoms. The zero-order chi connectivity index (χ0) is 13.8. The van der Waals surface area contributed by atoms with Crippen LogP contribution in [-0.4, -0.2) is 36.1 Å². The van der Waals surface area contributed by atoms with E-state index < -0.39 is 0 Å². The smallest absolute Gasteiger partial charge is 0.226 e. The molecular weight excluding hydrogens is 240 g/mol. The minimum absolute atomic E-state index is 0.00578. The van der Waals surface area contributed by atoms with Crippen molar-refractivity contribution in [1.29, 1.82) is 0 Å². The highest BCUT2D eigenvalue weighted by Crippen LogP contribution is 2.19. The van der Waals surface area contributed by atoms with E-state index in [-0.39, 0.29) is 5.91 Å². The van der Waals surface area contributed by atoms with Crippen molar-refractivity contribution in [2.45, 2.75) is 19.9 Å². The van der Waals surface area contributed by atoms with Gasteiger partial charge >= 0.3 is 0 Å². The molecule has 0 bridgehead atoms. The van der Waals surface area contributed by atoms with Crippen LogP contribution in [0.15, 0.2) is 24.3 Å². The molecule has 1 heterocycles. The summed E-state index contributed by atoms with van der Waals surface area (Å²) >= 11 is 0. The molecule has 5 nitrogen and oxygen atoms in total. The van der Waals surface area contributed by atoms with Crippen LogP contribution < -0.4 is 10.2 Å². The number of likely N-dealkylation sites (N-methyl/N-ethyl adjacent to an activating group) is 1. The van der Waals surface area contributed by atoms with Gasteiger partial charge in [-0.05, 0) is 12.1 Å². The van der Waals surface area contributed by atoms with Gasteiger partial charge in [0, 0.05) is 6.42 Å². The molecule has 0 saturated carbocycles. The maximum absolute atomic E-state index is 11.6. The summed E-state index contributed by atoms with van der Waals surface area (Å²) in [5, 5.41) is 2.88. The Hall–Kier alpha value is -1.88. The fourth-order valence-corrected chi connectivity index (χ4v) is 1.95. The zero-order valence-corrected chi connectivity index (χ0v) is 11.7. The largest absolute Gasteiger partial charge is 0.338 e. The number of benzene rings is 1. The number of para-hydroxylation sites is 2. The van der Waals surface area contributed by atoms with Crippen LogP contribution in [0.2, 0.25) is 0 Å². The third-order valence-corrected chi connectivity index (χ3v) is 3.06. The van der Waals surface area contributed by atoms with Gasteiger partial charge in [-0.2, -0.15) is 0 Å². The van der Waals surface area contributed by atoms with E-state index in [4.69, 9.17) is 0 Å². The highest BCUT2D eigenvalue weighted by Gasteiger charge is 2.12. The van der Waals surface area contributed by atoms with E-state index in [0.717, 1.165) is 24.1 Å². The van der Waals surface area contributed by atoms with Crippen LogP contribution in [-0.2, 0) is 11.3 Å². The number of nitrogens with zero attached hydrogens (tertiary/aromatic N) is 2. The average molecular weight is 261 g/mol. The molecule has 2 rings (SSSR count). The molecule has 2 N–H and O–H groups in total. The number of fused-ring (bicyclic) bond motifs is 1. The Balaban J connectivity index is 2.36. The van der Waals surface area contributed by atoms with Crippen molar-refractivity contribution < 1.29 is 9.69 Å². The second-order valence-corrected chi connectivity index (χ2v) is 4.93. The van der Waals surface area contributed by atoms with Crippen molar-refractivity contribution in [3.05, 3.63) is 24.3 Å². The van der Waals surface area contributed by atoms with Crippen molar-refractivity contribution >= 4 is 22.9 Å². The number of amides is 1. The Morgan fingerprint density at radius 2 is 2.11 bits per heavy atom. The molecule has 102 valence electrons. The number of anilines is 1. The Morgan fingerprint density at radius 1 is 1.37 bits per heavy atom. The molecule has 1 aromatic heterocycles. The fraction of sp³-hybridized carbons (Fsp3) is 0.429. The second-order valence-electron chi connectivity index (χ2n) is 4.93. The number of quaternary nitrogens is 1. The molecule has 0 aliphatic rings. The molecule has 0 saturated heterocycles. The van der Waals surface area contributed by atoms with E-state index in [1.807, 2.05) is 31.2 Å². The first kappa shape index (κ1) is 13.5. The van der Waals surface area contributed by atoms with E-state index in [9.17, 15) is 4.79 Å². The van der Waals surface area contributed by atoms with Gasteiger partial charge in [0.2, 0.25) is 11.9 Å². The molecule has 0 atom stereocenters. The number of imidazole rings is 1. The molecule has 2 aromatic rings. The standard InChI is InChI=1S/C14H20N4O/c1-4-13(19)16-14-15-11-7-5-6-8-12(11)18(14)10-9-17(2)3/h5-8H,4,9-10H2,1-3H3,(H,15,16,19)/p+1. The van der Waals surface area contributed by atoms with E-state index >= 15 is 0 Å². The third-order valence-electron chi connectivity index (χ3n) is 3.06. The lowest BCUT2D eigenvalue weighted by atomic mass is 10.3. The lowest BCUT2D eigenvalue weighted by Crippen LogP contribution is -3.06. The molecule has 0 fully saturated rings. The highest BCUT2D eigenvalue weighted by molar-refractivity contribution is 5.91. The highest BCUT2D eigenvalue weighted by atomic mass is 16.1. The summed E-state index contributed by atoms with van der Waals surface area (Å²) in [6.45, 7) is 3.66. The molecule has 1 aromatic carbocycles. The summed E-state index contributed by atoms with van der Waals surface area (Å²) in [5.41, 5.74) is 1.98. The third kappa shape index (κ3) is 3.12. The number of carbonyl (C=O) groups is 1. The van der Waals surface area contributed by atoms with Gasteiger partial charge in [0.25, 0.3) is 0 Å². The maximum atomic E-state index is 11.6. The molecule has 0 aliphatic carbocycles. The summed E-state index contributed by atoms with van der Waals surface area (Å²) in [6, 6.07) is 7.96. The number of hydrogen-bond donors (Lipinski definition) is 2. The van der Waals surface area contributed by atoms with Crippen molar-refractivity contribution in [2.75, 3.05) is 26.0 Å². The minimum atomic E-state index is -0.00578. The van der Waals surface area contributed by atoms with Gasteiger partial charge < -0.3 is 9.47 Å².